The molecule has 1 unspecified atom stereocenters. The number of sulfonamides is 1. The largest absolute Gasteiger partial charge is 0.492 e. The Morgan fingerprint density at radius 1 is 0.953 bits per heavy atom. The number of ether oxygens (including phenoxy) is 3. The summed E-state index contributed by atoms with van der Waals surface area (Å²) in [5.41, 5.74) is -0.378. The molecule has 2 aromatic carbocycles. The number of aromatic nitrogens is 2. The van der Waals surface area contributed by atoms with Crippen LogP contribution in [0.2, 0.25) is 0 Å². The summed E-state index contributed by atoms with van der Waals surface area (Å²) >= 11 is 0. The number of nitrogens with zero attached hydrogens (tertiary/aromatic N) is 3. The van der Waals surface area contributed by atoms with E-state index in [0.29, 0.717) is 42.6 Å². The topological polar surface area (TPSA) is 120 Å². The standard InChI is InChI=1S/C30H30F2N4O6S/c1-4-25(24-14-10-21(19-34-24)41-27-7-5-6-16-33-27)42-26-15-13-23(28(31)29(26)32)30(37)35-43(38,39)22-11-8-20(9-12-22)40-18-17-36(2)3/h5-16,19,25H,4,17-18H2,1-3H3,(H,35,37). The second-order valence-corrected chi connectivity index (χ2v) is 11.2. The normalized spacial score (nSPS) is 12.0. The number of halogens is 2. The lowest BCUT2D eigenvalue weighted by molar-refractivity contribution is 0.0976. The van der Waals surface area contributed by atoms with Gasteiger partial charge in [0, 0.05) is 18.8 Å². The fourth-order valence-corrected chi connectivity index (χ4v) is 4.74. The summed E-state index contributed by atoms with van der Waals surface area (Å²) in [5, 5.41) is 0. The quantitative estimate of drug-likeness (QED) is 0.219. The Hall–Kier alpha value is -4.62. The Bertz CT molecular complexity index is 1640. The van der Waals surface area contributed by atoms with Crippen molar-refractivity contribution in [2.45, 2.75) is 24.3 Å². The molecule has 2 aromatic heterocycles. The first-order valence-electron chi connectivity index (χ1n) is 13.2. The van der Waals surface area contributed by atoms with E-state index in [0.717, 1.165) is 12.1 Å². The molecule has 0 aliphatic heterocycles. The summed E-state index contributed by atoms with van der Waals surface area (Å²) in [5.74, 6) is -3.58. The van der Waals surface area contributed by atoms with E-state index in [9.17, 15) is 22.0 Å². The first-order valence-corrected chi connectivity index (χ1v) is 14.7. The smallest absolute Gasteiger partial charge is 0.268 e. The average molecular weight is 613 g/mol. The van der Waals surface area contributed by atoms with E-state index in [1.807, 2.05) is 19.0 Å². The SMILES string of the molecule is CCC(Oc1ccc(C(=O)NS(=O)(=O)c2ccc(OCCN(C)C)cc2)c(F)c1F)c1ccc(Oc2ccccn2)cn1. The number of benzene rings is 2. The third kappa shape index (κ3) is 8.23. The lowest BCUT2D eigenvalue weighted by Crippen LogP contribution is -2.31. The number of pyridine rings is 2. The minimum Gasteiger partial charge on any atom is -0.492 e. The highest BCUT2D eigenvalue weighted by Crippen LogP contribution is 2.30. The summed E-state index contributed by atoms with van der Waals surface area (Å²) in [6, 6.07) is 15.8. The van der Waals surface area contributed by atoms with Crippen LogP contribution in [-0.2, 0) is 10.0 Å². The summed E-state index contributed by atoms with van der Waals surface area (Å²) in [6.45, 7) is 2.83. The lowest BCUT2D eigenvalue weighted by Gasteiger charge is -2.18. The van der Waals surface area contributed by atoms with Gasteiger partial charge in [-0.1, -0.05) is 13.0 Å². The molecule has 10 nitrogen and oxygen atoms in total. The molecule has 0 fully saturated rings. The summed E-state index contributed by atoms with van der Waals surface area (Å²) in [4.78, 5) is 22.7. The van der Waals surface area contributed by atoms with Gasteiger partial charge in [0.1, 0.15) is 24.2 Å². The minimum absolute atomic E-state index is 0.253. The molecule has 0 aliphatic carbocycles. The predicted octanol–water partition coefficient (Wildman–Crippen LogP) is 5.14. The van der Waals surface area contributed by atoms with Gasteiger partial charge in [-0.25, -0.2) is 22.5 Å². The Kier molecular flexibility index (Phi) is 10.2. The van der Waals surface area contributed by atoms with E-state index in [1.54, 1.807) is 48.2 Å². The number of carbonyl (C=O) groups is 1. The van der Waals surface area contributed by atoms with Gasteiger partial charge < -0.3 is 19.1 Å². The molecule has 0 aliphatic rings. The van der Waals surface area contributed by atoms with Gasteiger partial charge in [0.2, 0.25) is 11.7 Å². The lowest BCUT2D eigenvalue weighted by atomic mass is 10.1. The van der Waals surface area contributed by atoms with Crippen LogP contribution in [0.15, 0.2) is 84.0 Å². The molecule has 0 spiro atoms. The van der Waals surface area contributed by atoms with Crippen molar-refractivity contribution in [1.82, 2.24) is 19.6 Å². The molecule has 0 radical (unpaired) electrons. The maximum atomic E-state index is 15.0. The molecule has 43 heavy (non-hydrogen) atoms. The zero-order valence-electron chi connectivity index (χ0n) is 23.7. The van der Waals surface area contributed by atoms with Crippen LogP contribution in [-0.4, -0.2) is 56.4 Å². The maximum Gasteiger partial charge on any atom is 0.268 e. The fourth-order valence-electron chi connectivity index (χ4n) is 3.77. The molecule has 2 heterocycles. The van der Waals surface area contributed by atoms with Gasteiger partial charge in [-0.2, -0.15) is 4.39 Å². The Balaban J connectivity index is 1.42. The van der Waals surface area contributed by atoms with Crippen molar-refractivity contribution in [2.75, 3.05) is 27.2 Å². The number of hydrogen-bond acceptors (Lipinski definition) is 9. The molecule has 0 saturated heterocycles. The summed E-state index contributed by atoms with van der Waals surface area (Å²) < 4.78 is 74.0. The second-order valence-electron chi connectivity index (χ2n) is 9.50. The van der Waals surface area contributed by atoms with E-state index in [-0.39, 0.29) is 4.90 Å². The fraction of sp³-hybridized carbons (Fsp3) is 0.233. The van der Waals surface area contributed by atoms with Crippen LogP contribution in [0.3, 0.4) is 0 Å². The molecule has 0 saturated carbocycles. The number of carbonyl (C=O) groups excluding carboxylic acids is 1. The van der Waals surface area contributed by atoms with Gasteiger partial charge in [0.25, 0.3) is 15.9 Å². The predicted molar refractivity (Wildman–Crippen MR) is 154 cm³/mol. The highest BCUT2D eigenvalue weighted by atomic mass is 32.2. The number of nitrogens with one attached hydrogen (secondary N) is 1. The molecular formula is C30H30F2N4O6S. The zero-order chi connectivity index (χ0) is 31.0. The Labute approximate surface area is 248 Å². The van der Waals surface area contributed by atoms with Crippen LogP contribution in [0.1, 0.15) is 35.5 Å². The first-order chi connectivity index (χ1) is 20.6. The van der Waals surface area contributed by atoms with Crippen LogP contribution in [0.4, 0.5) is 8.78 Å². The van der Waals surface area contributed by atoms with Crippen molar-refractivity contribution >= 4 is 15.9 Å². The van der Waals surface area contributed by atoms with Crippen molar-refractivity contribution in [3.8, 4) is 23.1 Å². The van der Waals surface area contributed by atoms with E-state index >= 15 is 0 Å². The van der Waals surface area contributed by atoms with Gasteiger partial charge in [-0.05, 0) is 75.1 Å². The van der Waals surface area contributed by atoms with Crippen LogP contribution in [0.5, 0.6) is 23.1 Å². The van der Waals surface area contributed by atoms with Crippen LogP contribution in [0.25, 0.3) is 0 Å². The minimum atomic E-state index is -4.39. The van der Waals surface area contributed by atoms with Crippen molar-refractivity contribution < 1.29 is 36.2 Å². The Morgan fingerprint density at radius 2 is 1.70 bits per heavy atom. The molecule has 4 aromatic rings. The maximum absolute atomic E-state index is 15.0. The molecular weight excluding hydrogens is 582 g/mol. The Morgan fingerprint density at radius 3 is 2.33 bits per heavy atom. The van der Waals surface area contributed by atoms with Crippen molar-refractivity contribution in [1.29, 1.82) is 0 Å². The highest BCUT2D eigenvalue weighted by molar-refractivity contribution is 7.90. The summed E-state index contributed by atoms with van der Waals surface area (Å²) in [6.07, 6.45) is 2.64. The van der Waals surface area contributed by atoms with E-state index in [4.69, 9.17) is 14.2 Å². The average Bonchev–Trinajstić information content (AvgIpc) is 2.99. The van der Waals surface area contributed by atoms with Gasteiger partial charge >= 0.3 is 0 Å². The zero-order valence-corrected chi connectivity index (χ0v) is 24.5. The van der Waals surface area contributed by atoms with Gasteiger partial charge in [0.15, 0.2) is 11.6 Å². The molecule has 0 bridgehead atoms. The molecule has 13 heteroatoms. The first kappa shape index (κ1) is 31.3. The number of rotatable bonds is 13. The van der Waals surface area contributed by atoms with E-state index in [2.05, 4.69) is 9.97 Å². The second kappa shape index (κ2) is 14.0. The van der Waals surface area contributed by atoms with Crippen LogP contribution < -0.4 is 18.9 Å². The molecule has 1 N–H and O–H groups in total. The highest BCUT2D eigenvalue weighted by Gasteiger charge is 2.26. The van der Waals surface area contributed by atoms with E-state index < -0.39 is 45.0 Å². The molecule has 1 amide bonds. The molecule has 1 atom stereocenters. The molecule has 226 valence electrons. The summed E-state index contributed by atoms with van der Waals surface area (Å²) in [7, 11) is -0.613. The van der Waals surface area contributed by atoms with Crippen LogP contribution in [0, 0.1) is 11.6 Å². The molecule has 4 rings (SSSR count). The van der Waals surface area contributed by atoms with Crippen molar-refractivity contribution in [2.24, 2.45) is 0 Å². The van der Waals surface area contributed by atoms with Crippen LogP contribution >= 0.6 is 0 Å². The third-order valence-corrected chi connectivity index (χ3v) is 7.40. The third-order valence-electron chi connectivity index (χ3n) is 6.05. The monoisotopic (exact) mass is 612 g/mol. The van der Waals surface area contributed by atoms with Gasteiger partial charge in [-0.3, -0.25) is 9.78 Å². The number of likely N-dealkylation sites (N-methyl/N-ethyl adjacent to an activating group) is 1. The van der Waals surface area contributed by atoms with E-state index in [1.165, 1.54) is 30.5 Å². The van der Waals surface area contributed by atoms with Crippen molar-refractivity contribution in [3.63, 3.8) is 0 Å². The van der Waals surface area contributed by atoms with Gasteiger partial charge in [0.05, 0.1) is 22.3 Å². The van der Waals surface area contributed by atoms with Gasteiger partial charge in [-0.15, -0.1) is 0 Å². The van der Waals surface area contributed by atoms with Crippen molar-refractivity contribution in [3.05, 3.63) is 102 Å². The number of amides is 1. The number of hydrogen-bond donors (Lipinski definition) is 1.